The summed E-state index contributed by atoms with van der Waals surface area (Å²) in [7, 11) is 0. The Labute approximate surface area is 94.7 Å². The fourth-order valence-corrected chi connectivity index (χ4v) is 1.40. The van der Waals surface area contributed by atoms with Gasteiger partial charge in [-0.3, -0.25) is 10.4 Å². The third-order valence-electron chi connectivity index (χ3n) is 2.18. The maximum Gasteiger partial charge on any atom is 0.206 e. The van der Waals surface area contributed by atoms with Crippen LogP contribution in [0.3, 0.4) is 0 Å². The molecule has 0 aliphatic rings. The third-order valence-corrected chi connectivity index (χ3v) is 2.18. The lowest BCUT2D eigenvalue weighted by atomic mass is 10.1. The fourth-order valence-electron chi connectivity index (χ4n) is 1.40. The molecule has 4 N–H and O–H groups in total. The van der Waals surface area contributed by atoms with Gasteiger partial charge in [-0.05, 0) is 19.9 Å². The second-order valence-electron chi connectivity index (χ2n) is 3.35. The fraction of sp³-hybridized carbons (Fsp3) is 0.364. The van der Waals surface area contributed by atoms with Gasteiger partial charge in [0.25, 0.3) is 0 Å². The standard InChI is InChI=1S/C11H17FN4/c1-3-14-11(16-13)15-8(2)9-6-4-5-7-10(9)12/h4-8H,3,13H2,1-2H3,(H2,14,15,16). The van der Waals surface area contributed by atoms with Crippen LogP contribution in [0.5, 0.6) is 0 Å². The number of benzene rings is 1. The molecule has 1 rings (SSSR count). The van der Waals surface area contributed by atoms with Gasteiger partial charge in [0.2, 0.25) is 5.96 Å². The summed E-state index contributed by atoms with van der Waals surface area (Å²) < 4.78 is 13.4. The number of nitrogens with zero attached hydrogens (tertiary/aromatic N) is 1. The largest absolute Gasteiger partial charge is 0.349 e. The zero-order valence-corrected chi connectivity index (χ0v) is 9.50. The Hall–Kier alpha value is -1.62. The maximum absolute atomic E-state index is 13.4. The number of hydrogen-bond acceptors (Lipinski definition) is 2. The van der Waals surface area contributed by atoms with E-state index in [4.69, 9.17) is 5.84 Å². The van der Waals surface area contributed by atoms with Gasteiger partial charge in [-0.2, -0.15) is 0 Å². The molecule has 0 aliphatic carbocycles. The summed E-state index contributed by atoms with van der Waals surface area (Å²) in [6, 6.07) is 6.42. The summed E-state index contributed by atoms with van der Waals surface area (Å²) in [5.74, 6) is 5.50. The Bertz CT molecular complexity index is 365. The van der Waals surface area contributed by atoms with Crippen LogP contribution >= 0.6 is 0 Å². The van der Waals surface area contributed by atoms with Crippen molar-refractivity contribution in [3.63, 3.8) is 0 Å². The van der Waals surface area contributed by atoms with E-state index in [-0.39, 0.29) is 11.9 Å². The normalized spacial score (nSPS) is 13.4. The maximum atomic E-state index is 13.4. The van der Waals surface area contributed by atoms with E-state index >= 15 is 0 Å². The minimum absolute atomic E-state index is 0.192. The Morgan fingerprint density at radius 1 is 1.50 bits per heavy atom. The number of rotatable bonds is 3. The second-order valence-corrected chi connectivity index (χ2v) is 3.35. The first-order valence-corrected chi connectivity index (χ1v) is 5.21. The molecule has 0 fully saturated rings. The molecule has 1 aromatic carbocycles. The first-order chi connectivity index (χ1) is 7.69. The summed E-state index contributed by atoms with van der Waals surface area (Å²) in [6.45, 7) is 4.35. The van der Waals surface area contributed by atoms with Gasteiger partial charge in [0, 0.05) is 12.1 Å². The molecule has 16 heavy (non-hydrogen) atoms. The van der Waals surface area contributed by atoms with Crippen molar-refractivity contribution in [2.75, 3.05) is 6.54 Å². The highest BCUT2D eigenvalue weighted by molar-refractivity contribution is 5.79. The van der Waals surface area contributed by atoms with Gasteiger partial charge in [-0.25, -0.2) is 10.2 Å². The van der Waals surface area contributed by atoms with Gasteiger partial charge in [0.05, 0.1) is 6.04 Å². The highest BCUT2D eigenvalue weighted by atomic mass is 19.1. The Balaban J connectivity index is 2.75. The van der Waals surface area contributed by atoms with Crippen LogP contribution in [0.15, 0.2) is 29.3 Å². The van der Waals surface area contributed by atoms with E-state index < -0.39 is 0 Å². The van der Waals surface area contributed by atoms with E-state index in [2.05, 4.69) is 15.7 Å². The van der Waals surface area contributed by atoms with Crippen molar-refractivity contribution in [1.82, 2.24) is 10.7 Å². The zero-order valence-electron chi connectivity index (χ0n) is 9.50. The lowest BCUT2D eigenvalue weighted by Crippen LogP contribution is -2.42. The van der Waals surface area contributed by atoms with Crippen LogP contribution in [0.25, 0.3) is 0 Å². The van der Waals surface area contributed by atoms with Gasteiger partial charge >= 0.3 is 0 Å². The minimum atomic E-state index is -0.240. The SMILES string of the molecule is CCN=C(NN)NC(C)c1ccccc1F. The average molecular weight is 224 g/mol. The molecule has 4 nitrogen and oxygen atoms in total. The number of hydrazine groups is 1. The van der Waals surface area contributed by atoms with Crippen molar-refractivity contribution < 1.29 is 4.39 Å². The Morgan fingerprint density at radius 3 is 2.75 bits per heavy atom. The van der Waals surface area contributed by atoms with Crippen molar-refractivity contribution in [1.29, 1.82) is 0 Å². The molecule has 1 atom stereocenters. The van der Waals surface area contributed by atoms with Gasteiger partial charge in [-0.15, -0.1) is 0 Å². The van der Waals surface area contributed by atoms with Crippen molar-refractivity contribution in [3.05, 3.63) is 35.6 Å². The highest BCUT2D eigenvalue weighted by Gasteiger charge is 2.10. The molecule has 0 heterocycles. The summed E-state index contributed by atoms with van der Waals surface area (Å²) >= 11 is 0. The summed E-state index contributed by atoms with van der Waals surface area (Å²) in [6.07, 6.45) is 0. The van der Waals surface area contributed by atoms with Gasteiger partial charge in [0.1, 0.15) is 5.82 Å². The monoisotopic (exact) mass is 224 g/mol. The number of halogens is 1. The Kier molecular flexibility index (Phi) is 4.72. The van der Waals surface area contributed by atoms with Crippen molar-refractivity contribution >= 4 is 5.96 Å². The lowest BCUT2D eigenvalue weighted by Gasteiger charge is -2.17. The number of nitrogens with one attached hydrogen (secondary N) is 2. The molecular formula is C11H17FN4. The molecule has 0 amide bonds. The molecule has 0 saturated carbocycles. The van der Waals surface area contributed by atoms with E-state index in [9.17, 15) is 4.39 Å². The van der Waals surface area contributed by atoms with E-state index in [0.29, 0.717) is 18.1 Å². The highest BCUT2D eigenvalue weighted by Crippen LogP contribution is 2.15. The molecule has 0 bridgehead atoms. The molecule has 0 radical (unpaired) electrons. The van der Waals surface area contributed by atoms with E-state index in [1.807, 2.05) is 13.8 Å². The molecular weight excluding hydrogens is 207 g/mol. The van der Waals surface area contributed by atoms with Crippen LogP contribution in [-0.4, -0.2) is 12.5 Å². The molecule has 5 heteroatoms. The van der Waals surface area contributed by atoms with E-state index in [0.717, 1.165) is 0 Å². The van der Waals surface area contributed by atoms with Crippen molar-refractivity contribution in [2.24, 2.45) is 10.8 Å². The number of aliphatic imine (C=N–C) groups is 1. The predicted octanol–water partition coefficient (Wildman–Crippen LogP) is 1.32. The van der Waals surface area contributed by atoms with E-state index in [1.165, 1.54) is 6.07 Å². The van der Waals surface area contributed by atoms with Crippen LogP contribution in [0.4, 0.5) is 4.39 Å². The molecule has 88 valence electrons. The van der Waals surface area contributed by atoms with Crippen LogP contribution in [0, 0.1) is 5.82 Å². The van der Waals surface area contributed by atoms with Gasteiger partial charge in [0.15, 0.2) is 0 Å². The Morgan fingerprint density at radius 2 is 2.19 bits per heavy atom. The minimum Gasteiger partial charge on any atom is -0.349 e. The van der Waals surface area contributed by atoms with Crippen molar-refractivity contribution in [3.8, 4) is 0 Å². The van der Waals surface area contributed by atoms with Crippen LogP contribution in [-0.2, 0) is 0 Å². The van der Waals surface area contributed by atoms with Crippen molar-refractivity contribution in [2.45, 2.75) is 19.9 Å². The van der Waals surface area contributed by atoms with Gasteiger partial charge in [-0.1, -0.05) is 18.2 Å². The predicted molar refractivity (Wildman–Crippen MR) is 63.2 cm³/mol. The third kappa shape index (κ3) is 3.20. The average Bonchev–Trinajstić information content (AvgIpc) is 2.28. The molecule has 0 spiro atoms. The summed E-state index contributed by atoms with van der Waals surface area (Å²) in [4.78, 5) is 4.08. The van der Waals surface area contributed by atoms with Crippen LogP contribution in [0.1, 0.15) is 25.5 Å². The quantitative estimate of drug-likeness (QED) is 0.314. The number of guanidine groups is 1. The zero-order chi connectivity index (χ0) is 12.0. The topological polar surface area (TPSA) is 62.4 Å². The van der Waals surface area contributed by atoms with Crippen LogP contribution in [0.2, 0.25) is 0 Å². The first-order valence-electron chi connectivity index (χ1n) is 5.21. The lowest BCUT2D eigenvalue weighted by molar-refractivity contribution is 0.575. The summed E-state index contributed by atoms with van der Waals surface area (Å²) in [5.41, 5.74) is 3.02. The molecule has 1 aromatic rings. The number of nitrogens with two attached hydrogens (primary N) is 1. The number of hydrogen-bond donors (Lipinski definition) is 3. The first kappa shape index (κ1) is 12.4. The summed E-state index contributed by atoms with van der Waals surface area (Å²) in [5, 5.41) is 3.00. The molecule has 0 aliphatic heterocycles. The molecule has 0 aromatic heterocycles. The molecule has 0 saturated heterocycles. The second kappa shape index (κ2) is 6.07. The molecule has 1 unspecified atom stereocenters. The van der Waals surface area contributed by atoms with Crippen LogP contribution < -0.4 is 16.6 Å². The van der Waals surface area contributed by atoms with Gasteiger partial charge < -0.3 is 5.32 Å². The van der Waals surface area contributed by atoms with E-state index in [1.54, 1.807) is 18.2 Å². The smallest absolute Gasteiger partial charge is 0.206 e.